The zero-order valence-corrected chi connectivity index (χ0v) is 11.1. The fourth-order valence-corrected chi connectivity index (χ4v) is 2.79. The highest BCUT2D eigenvalue weighted by Gasteiger charge is 2.21. The minimum absolute atomic E-state index is 0.0425. The molecule has 16 heavy (non-hydrogen) atoms. The monoisotopic (exact) mass is 244 g/mol. The molecule has 0 saturated heterocycles. The van der Waals surface area contributed by atoms with Crippen molar-refractivity contribution in [3.63, 3.8) is 0 Å². The van der Waals surface area contributed by atoms with Gasteiger partial charge in [0.15, 0.2) is 0 Å². The Labute approximate surface area is 101 Å². The van der Waals surface area contributed by atoms with Crippen LogP contribution in [0.5, 0.6) is 0 Å². The van der Waals surface area contributed by atoms with E-state index in [2.05, 4.69) is 18.8 Å². The van der Waals surface area contributed by atoms with Crippen LogP contribution in [0, 0.1) is 5.92 Å². The van der Waals surface area contributed by atoms with Crippen LogP contribution in [0.25, 0.3) is 0 Å². The summed E-state index contributed by atoms with van der Waals surface area (Å²) >= 11 is 1.62. The largest absolute Gasteiger partial charge is 0.378 e. The molecule has 5 heteroatoms. The summed E-state index contributed by atoms with van der Waals surface area (Å²) in [6.07, 6.45) is 0.0425. The van der Waals surface area contributed by atoms with Crippen molar-refractivity contribution in [2.45, 2.75) is 33.1 Å². The van der Waals surface area contributed by atoms with Crippen molar-refractivity contribution in [1.82, 2.24) is 4.98 Å². The number of methoxy groups -OCH3 is 2. The molecule has 1 atom stereocenters. The van der Waals surface area contributed by atoms with Crippen LogP contribution in [-0.4, -0.2) is 19.2 Å². The molecule has 0 aromatic carbocycles. The molecule has 0 aliphatic carbocycles. The summed E-state index contributed by atoms with van der Waals surface area (Å²) in [4.78, 5) is 5.63. The predicted octanol–water partition coefficient (Wildman–Crippen LogP) is 2.09. The third-order valence-electron chi connectivity index (χ3n) is 2.36. The summed E-state index contributed by atoms with van der Waals surface area (Å²) < 4.78 is 10.6. The van der Waals surface area contributed by atoms with Crippen LogP contribution in [0.3, 0.4) is 0 Å². The number of nitrogens with zero attached hydrogens (tertiary/aromatic N) is 1. The van der Waals surface area contributed by atoms with Crippen molar-refractivity contribution >= 4 is 11.3 Å². The van der Waals surface area contributed by atoms with E-state index in [0.29, 0.717) is 19.1 Å². The Morgan fingerprint density at radius 1 is 1.38 bits per heavy atom. The lowest BCUT2D eigenvalue weighted by molar-refractivity contribution is 0.0640. The van der Waals surface area contributed by atoms with Crippen LogP contribution in [-0.2, 0) is 22.6 Å². The first kappa shape index (κ1) is 13.6. The molecule has 0 spiro atoms. The van der Waals surface area contributed by atoms with Crippen LogP contribution in [0.1, 0.15) is 35.5 Å². The number of rotatable bonds is 6. The van der Waals surface area contributed by atoms with Crippen LogP contribution in [0.4, 0.5) is 0 Å². The summed E-state index contributed by atoms with van der Waals surface area (Å²) in [6, 6.07) is 0. The number of hydrogen-bond acceptors (Lipinski definition) is 5. The first-order chi connectivity index (χ1) is 7.63. The van der Waals surface area contributed by atoms with Gasteiger partial charge in [-0.15, -0.1) is 11.3 Å². The van der Waals surface area contributed by atoms with E-state index in [1.54, 1.807) is 25.6 Å². The van der Waals surface area contributed by atoms with Gasteiger partial charge in [0.05, 0.1) is 12.3 Å². The molecule has 0 radical (unpaired) electrons. The molecule has 0 fully saturated rings. The Bertz CT molecular complexity index is 326. The van der Waals surface area contributed by atoms with Crippen molar-refractivity contribution in [1.29, 1.82) is 0 Å². The molecule has 92 valence electrons. The Morgan fingerprint density at radius 2 is 2.06 bits per heavy atom. The van der Waals surface area contributed by atoms with Gasteiger partial charge in [-0.25, -0.2) is 4.98 Å². The van der Waals surface area contributed by atoms with E-state index in [4.69, 9.17) is 15.2 Å². The molecule has 0 amide bonds. The first-order valence-corrected chi connectivity index (χ1v) is 6.15. The van der Waals surface area contributed by atoms with E-state index in [0.717, 1.165) is 15.6 Å². The third-order valence-corrected chi connectivity index (χ3v) is 3.55. The van der Waals surface area contributed by atoms with Gasteiger partial charge in [0.2, 0.25) is 0 Å². The lowest BCUT2D eigenvalue weighted by Crippen LogP contribution is -2.08. The SMILES string of the molecule is COCc1nc(C(OC)C(C)C)sc1CN. The van der Waals surface area contributed by atoms with E-state index in [1.807, 2.05) is 0 Å². The predicted molar refractivity (Wildman–Crippen MR) is 65.3 cm³/mol. The van der Waals surface area contributed by atoms with E-state index >= 15 is 0 Å². The molecular formula is C11H20N2O2S. The molecule has 1 rings (SSSR count). The molecule has 0 aliphatic rings. The Hall–Kier alpha value is -0.490. The lowest BCUT2D eigenvalue weighted by atomic mass is 10.1. The van der Waals surface area contributed by atoms with Crippen LogP contribution in [0.2, 0.25) is 0 Å². The highest BCUT2D eigenvalue weighted by molar-refractivity contribution is 7.11. The van der Waals surface area contributed by atoms with Gasteiger partial charge in [-0.05, 0) is 5.92 Å². The second-order valence-electron chi connectivity index (χ2n) is 3.96. The Kier molecular flexibility index (Phi) is 5.34. The molecule has 0 saturated carbocycles. The van der Waals surface area contributed by atoms with Crippen molar-refractivity contribution in [2.24, 2.45) is 11.7 Å². The van der Waals surface area contributed by atoms with Crippen LogP contribution < -0.4 is 5.73 Å². The lowest BCUT2D eigenvalue weighted by Gasteiger charge is -2.15. The van der Waals surface area contributed by atoms with Gasteiger partial charge in [0.25, 0.3) is 0 Å². The van der Waals surface area contributed by atoms with Crippen molar-refractivity contribution in [3.05, 3.63) is 15.6 Å². The fraction of sp³-hybridized carbons (Fsp3) is 0.727. The number of thiazole rings is 1. The highest BCUT2D eigenvalue weighted by Crippen LogP contribution is 2.30. The number of ether oxygens (including phenoxy) is 2. The van der Waals surface area contributed by atoms with Crippen LogP contribution >= 0.6 is 11.3 Å². The van der Waals surface area contributed by atoms with Gasteiger partial charge in [0, 0.05) is 25.6 Å². The first-order valence-electron chi connectivity index (χ1n) is 5.34. The van der Waals surface area contributed by atoms with Gasteiger partial charge in [-0.1, -0.05) is 13.8 Å². The van der Waals surface area contributed by atoms with Gasteiger partial charge in [-0.2, -0.15) is 0 Å². The van der Waals surface area contributed by atoms with Crippen LogP contribution in [0.15, 0.2) is 0 Å². The number of nitrogens with two attached hydrogens (primary N) is 1. The molecule has 2 N–H and O–H groups in total. The highest BCUT2D eigenvalue weighted by atomic mass is 32.1. The molecule has 1 aromatic heterocycles. The van der Waals surface area contributed by atoms with E-state index in [1.165, 1.54) is 0 Å². The van der Waals surface area contributed by atoms with Gasteiger partial charge >= 0.3 is 0 Å². The average Bonchev–Trinajstić information content (AvgIpc) is 2.62. The van der Waals surface area contributed by atoms with Crippen molar-refractivity contribution in [3.8, 4) is 0 Å². The maximum absolute atomic E-state index is 5.69. The second-order valence-corrected chi connectivity index (χ2v) is 5.07. The fourth-order valence-electron chi connectivity index (χ4n) is 1.59. The number of hydrogen-bond donors (Lipinski definition) is 1. The topological polar surface area (TPSA) is 57.4 Å². The van der Waals surface area contributed by atoms with Gasteiger partial charge < -0.3 is 15.2 Å². The molecule has 1 unspecified atom stereocenters. The Morgan fingerprint density at radius 3 is 2.50 bits per heavy atom. The van der Waals surface area contributed by atoms with Gasteiger partial charge in [0.1, 0.15) is 11.1 Å². The average molecular weight is 244 g/mol. The number of aromatic nitrogens is 1. The molecular weight excluding hydrogens is 224 g/mol. The van der Waals surface area contributed by atoms with Crippen molar-refractivity contribution in [2.75, 3.05) is 14.2 Å². The zero-order valence-electron chi connectivity index (χ0n) is 10.3. The normalized spacial score (nSPS) is 13.4. The quantitative estimate of drug-likeness (QED) is 0.832. The van der Waals surface area contributed by atoms with Gasteiger partial charge in [-0.3, -0.25) is 0 Å². The molecule has 0 aliphatic heterocycles. The molecule has 0 bridgehead atoms. The maximum atomic E-state index is 5.69. The summed E-state index contributed by atoms with van der Waals surface area (Å²) in [5.41, 5.74) is 6.62. The second kappa shape index (κ2) is 6.30. The third kappa shape index (κ3) is 3.01. The van der Waals surface area contributed by atoms with E-state index in [9.17, 15) is 0 Å². The minimum atomic E-state index is 0.0425. The summed E-state index contributed by atoms with van der Waals surface area (Å²) in [5.74, 6) is 0.400. The smallest absolute Gasteiger partial charge is 0.122 e. The zero-order chi connectivity index (χ0) is 12.1. The summed E-state index contributed by atoms with van der Waals surface area (Å²) in [5, 5.41) is 0.991. The van der Waals surface area contributed by atoms with E-state index in [-0.39, 0.29) is 6.10 Å². The molecule has 4 nitrogen and oxygen atoms in total. The summed E-state index contributed by atoms with van der Waals surface area (Å²) in [6.45, 7) is 5.25. The maximum Gasteiger partial charge on any atom is 0.122 e. The minimum Gasteiger partial charge on any atom is -0.378 e. The Balaban J connectivity index is 2.96. The standard InChI is InChI=1S/C11H20N2O2S/c1-7(2)10(15-4)11-13-8(6-14-3)9(5-12)16-11/h7,10H,5-6,12H2,1-4H3. The molecule has 1 aromatic rings. The van der Waals surface area contributed by atoms with E-state index < -0.39 is 0 Å². The molecule has 1 heterocycles. The van der Waals surface area contributed by atoms with Crippen molar-refractivity contribution < 1.29 is 9.47 Å². The summed E-state index contributed by atoms with van der Waals surface area (Å²) in [7, 11) is 3.37.